The van der Waals surface area contributed by atoms with Gasteiger partial charge in [-0.15, -0.1) is 11.3 Å². The van der Waals surface area contributed by atoms with Crippen LogP contribution in [0.3, 0.4) is 0 Å². The van der Waals surface area contributed by atoms with Crippen molar-refractivity contribution in [1.82, 2.24) is 14.9 Å². The van der Waals surface area contributed by atoms with Crippen molar-refractivity contribution in [1.29, 1.82) is 0 Å². The molecule has 0 spiro atoms. The van der Waals surface area contributed by atoms with Gasteiger partial charge in [0.15, 0.2) is 0 Å². The van der Waals surface area contributed by atoms with E-state index in [1.54, 1.807) is 17.7 Å². The average Bonchev–Trinajstić information content (AvgIpc) is 3.05. The zero-order valence-corrected chi connectivity index (χ0v) is 16.8. The molecule has 0 saturated heterocycles. The lowest BCUT2D eigenvalue weighted by Crippen LogP contribution is -2.36. The quantitative estimate of drug-likeness (QED) is 0.632. The van der Waals surface area contributed by atoms with E-state index in [4.69, 9.17) is 10.5 Å². The summed E-state index contributed by atoms with van der Waals surface area (Å²) in [6.45, 7) is 0.753. The van der Waals surface area contributed by atoms with Crippen LogP contribution in [0, 0.1) is 0 Å². The third-order valence-corrected chi connectivity index (χ3v) is 6.57. The summed E-state index contributed by atoms with van der Waals surface area (Å²) in [4.78, 5) is 12.5. The minimum atomic E-state index is 0.230. The van der Waals surface area contributed by atoms with E-state index in [1.165, 1.54) is 35.8 Å². The Morgan fingerprint density at radius 1 is 1.22 bits per heavy atom. The molecule has 0 radical (unpaired) electrons. The molecule has 27 heavy (non-hydrogen) atoms. The Balaban J connectivity index is 1.62. The number of anilines is 1. The van der Waals surface area contributed by atoms with Crippen LogP contribution in [-0.4, -0.2) is 47.8 Å². The Kier molecular flexibility index (Phi) is 5.54. The fourth-order valence-electron chi connectivity index (χ4n) is 3.96. The maximum atomic E-state index is 5.46. The average molecular weight is 386 g/mol. The molecule has 0 bridgehead atoms. The lowest BCUT2D eigenvalue weighted by Gasteiger charge is -2.33. The van der Waals surface area contributed by atoms with Crippen molar-refractivity contribution < 1.29 is 4.74 Å². The third kappa shape index (κ3) is 3.91. The maximum Gasteiger partial charge on any atom is 0.139 e. The van der Waals surface area contributed by atoms with Crippen LogP contribution >= 0.6 is 11.3 Å². The highest BCUT2D eigenvalue weighted by Crippen LogP contribution is 2.37. The van der Waals surface area contributed by atoms with E-state index < -0.39 is 0 Å². The summed E-state index contributed by atoms with van der Waals surface area (Å²) in [7, 11) is 4.35. The van der Waals surface area contributed by atoms with E-state index in [1.807, 2.05) is 0 Å². The van der Waals surface area contributed by atoms with Gasteiger partial charge in [-0.25, -0.2) is 9.97 Å². The van der Waals surface area contributed by atoms with Gasteiger partial charge >= 0.3 is 0 Å². The molecule has 1 aliphatic rings. The summed E-state index contributed by atoms with van der Waals surface area (Å²) >= 11 is 1.71. The van der Waals surface area contributed by atoms with Crippen molar-refractivity contribution in [3.8, 4) is 0 Å². The minimum Gasteiger partial charge on any atom is -0.367 e. The van der Waals surface area contributed by atoms with Gasteiger partial charge in [0.05, 0.1) is 18.7 Å². The van der Waals surface area contributed by atoms with Crippen LogP contribution in [0.4, 0.5) is 5.82 Å². The van der Waals surface area contributed by atoms with E-state index in [0.29, 0.717) is 18.7 Å². The molecule has 1 aliphatic carbocycles. The third-order valence-electron chi connectivity index (χ3n) is 5.49. The first-order valence-electron chi connectivity index (χ1n) is 9.52. The second-order valence-electron chi connectivity index (χ2n) is 7.46. The van der Waals surface area contributed by atoms with Crippen LogP contribution < -0.4 is 11.1 Å². The SMILES string of the molecule is CN(C)[C@H]1CC[C@H](Nc2ncnc3sc4ccc(COCN)cc4c23)CC1. The lowest BCUT2D eigenvalue weighted by molar-refractivity contribution is 0.127. The largest absolute Gasteiger partial charge is 0.367 e. The van der Waals surface area contributed by atoms with Crippen molar-refractivity contribution in [3.63, 3.8) is 0 Å². The first-order valence-corrected chi connectivity index (χ1v) is 10.3. The van der Waals surface area contributed by atoms with E-state index >= 15 is 0 Å². The summed E-state index contributed by atoms with van der Waals surface area (Å²) in [5.41, 5.74) is 6.58. The van der Waals surface area contributed by atoms with Gasteiger partial charge in [-0.1, -0.05) is 6.07 Å². The summed E-state index contributed by atoms with van der Waals surface area (Å²) in [5, 5.41) is 6.03. The predicted octanol–water partition coefficient (Wildman–Crippen LogP) is 3.56. The van der Waals surface area contributed by atoms with E-state index in [2.05, 4.69) is 52.5 Å². The van der Waals surface area contributed by atoms with Crippen LogP contribution in [0.15, 0.2) is 24.5 Å². The number of nitrogens with two attached hydrogens (primary N) is 1. The van der Waals surface area contributed by atoms with Gasteiger partial charge in [-0.3, -0.25) is 0 Å². The first-order chi connectivity index (χ1) is 13.2. The van der Waals surface area contributed by atoms with Gasteiger partial charge in [0.1, 0.15) is 17.0 Å². The number of thiophene rings is 1. The molecule has 144 valence electrons. The Morgan fingerprint density at radius 2 is 2.04 bits per heavy atom. The smallest absolute Gasteiger partial charge is 0.139 e. The van der Waals surface area contributed by atoms with Crippen molar-refractivity contribution >= 4 is 37.5 Å². The van der Waals surface area contributed by atoms with Crippen LogP contribution in [0.5, 0.6) is 0 Å². The number of nitrogens with zero attached hydrogens (tertiary/aromatic N) is 3. The van der Waals surface area contributed by atoms with Gasteiger partial charge in [-0.2, -0.15) is 0 Å². The Morgan fingerprint density at radius 3 is 2.78 bits per heavy atom. The normalized spacial score (nSPS) is 20.6. The van der Waals surface area contributed by atoms with Gasteiger partial charge < -0.3 is 20.7 Å². The molecule has 1 saturated carbocycles. The number of nitrogens with one attached hydrogen (secondary N) is 1. The van der Waals surface area contributed by atoms with Gasteiger partial charge in [0.2, 0.25) is 0 Å². The standard InChI is InChI=1S/C20H27N5OS/c1-25(2)15-6-4-14(5-7-15)24-19-18-16-9-13(10-26-11-21)3-8-17(16)27-20(18)23-12-22-19/h3,8-9,12,14-15H,4-7,10-11,21H2,1-2H3,(H,22,23,24)/t14-,15-. The highest BCUT2D eigenvalue weighted by molar-refractivity contribution is 7.25. The summed E-state index contributed by atoms with van der Waals surface area (Å²) in [6.07, 6.45) is 6.47. The fraction of sp³-hybridized carbons (Fsp3) is 0.500. The predicted molar refractivity (Wildman–Crippen MR) is 112 cm³/mol. The molecule has 1 fully saturated rings. The fourth-order valence-corrected chi connectivity index (χ4v) is 4.99. The second-order valence-corrected chi connectivity index (χ2v) is 8.49. The van der Waals surface area contributed by atoms with E-state index in [0.717, 1.165) is 21.6 Å². The first kappa shape index (κ1) is 18.6. The molecule has 2 heterocycles. The maximum absolute atomic E-state index is 5.46. The summed E-state index contributed by atoms with van der Waals surface area (Å²) < 4.78 is 6.59. The van der Waals surface area contributed by atoms with Crippen LogP contribution in [0.2, 0.25) is 0 Å². The van der Waals surface area contributed by atoms with Crippen LogP contribution in [-0.2, 0) is 11.3 Å². The summed E-state index contributed by atoms with van der Waals surface area (Å²) in [6, 6.07) is 7.58. The monoisotopic (exact) mass is 385 g/mol. The molecule has 3 aromatic rings. The zero-order valence-electron chi connectivity index (χ0n) is 15.9. The van der Waals surface area contributed by atoms with Crippen LogP contribution in [0.25, 0.3) is 20.3 Å². The topological polar surface area (TPSA) is 76.3 Å². The molecule has 0 aliphatic heterocycles. The number of fused-ring (bicyclic) bond motifs is 3. The minimum absolute atomic E-state index is 0.230. The molecule has 4 rings (SSSR count). The van der Waals surface area contributed by atoms with Crippen molar-refractivity contribution in [2.45, 2.75) is 44.4 Å². The number of benzene rings is 1. The molecular weight excluding hydrogens is 358 g/mol. The Bertz CT molecular complexity index is 917. The summed E-state index contributed by atoms with van der Waals surface area (Å²) in [5.74, 6) is 0.955. The molecular formula is C20H27N5OS. The van der Waals surface area contributed by atoms with E-state index in [-0.39, 0.29) is 6.73 Å². The molecule has 2 aromatic heterocycles. The molecule has 6 nitrogen and oxygen atoms in total. The Labute approximate surface area is 163 Å². The van der Waals surface area contributed by atoms with Gasteiger partial charge in [0, 0.05) is 22.2 Å². The van der Waals surface area contributed by atoms with Crippen molar-refractivity contribution in [2.24, 2.45) is 5.73 Å². The number of rotatable bonds is 6. The van der Waals surface area contributed by atoms with Crippen molar-refractivity contribution in [3.05, 3.63) is 30.1 Å². The molecule has 0 amide bonds. The van der Waals surface area contributed by atoms with Gasteiger partial charge in [-0.05, 0) is 57.5 Å². The highest BCUT2D eigenvalue weighted by atomic mass is 32.1. The number of aromatic nitrogens is 2. The molecule has 1 aromatic carbocycles. The molecule has 3 N–H and O–H groups in total. The molecule has 0 unspecified atom stereocenters. The molecule has 7 heteroatoms. The highest BCUT2D eigenvalue weighted by Gasteiger charge is 2.23. The zero-order chi connectivity index (χ0) is 18.8. The van der Waals surface area contributed by atoms with E-state index in [9.17, 15) is 0 Å². The molecule has 0 atom stereocenters. The van der Waals surface area contributed by atoms with Gasteiger partial charge in [0.25, 0.3) is 0 Å². The second kappa shape index (κ2) is 8.06. The number of hydrogen-bond acceptors (Lipinski definition) is 7. The van der Waals surface area contributed by atoms with Crippen LogP contribution in [0.1, 0.15) is 31.2 Å². The Hall–Kier alpha value is -1.80. The number of ether oxygens (including phenoxy) is 1. The number of hydrogen-bond donors (Lipinski definition) is 2. The lowest BCUT2D eigenvalue weighted by atomic mass is 9.90. The van der Waals surface area contributed by atoms with Crippen molar-refractivity contribution in [2.75, 3.05) is 26.1 Å².